The van der Waals surface area contributed by atoms with E-state index in [4.69, 9.17) is 0 Å². The van der Waals surface area contributed by atoms with E-state index < -0.39 is 16.5 Å². The number of hydrogen-bond acceptors (Lipinski definition) is 1. The van der Waals surface area contributed by atoms with E-state index >= 15 is 0 Å². The van der Waals surface area contributed by atoms with Gasteiger partial charge in [0, 0.05) is 0 Å². The largest absolute Gasteiger partial charge is 0.381 e. The molecule has 1 rings (SSSR count). The molecule has 0 saturated carbocycles. The molecule has 4 heteroatoms. The molecule has 0 radical (unpaired) electrons. The lowest BCUT2D eigenvalue weighted by molar-refractivity contribution is 0.933. The fourth-order valence-electron chi connectivity index (χ4n) is 3.24. The van der Waals surface area contributed by atoms with Gasteiger partial charge < -0.3 is 4.14 Å². The van der Waals surface area contributed by atoms with Crippen molar-refractivity contribution in [2.75, 3.05) is 0 Å². The first-order valence-corrected chi connectivity index (χ1v) is 13.6. The summed E-state index contributed by atoms with van der Waals surface area (Å²) >= 11 is 0. The summed E-state index contributed by atoms with van der Waals surface area (Å²) in [6, 6.07) is 0. The SMILES string of the molecule is CC1=CB(N([Si](C)(C)C)[Si](C)(C)C)C=C(C)C1. The maximum absolute atomic E-state index is 2.88. The van der Waals surface area contributed by atoms with Gasteiger partial charge in [0.2, 0.25) is 0 Å². The van der Waals surface area contributed by atoms with E-state index in [0.717, 1.165) is 0 Å². The highest BCUT2D eigenvalue weighted by Gasteiger charge is 2.39. The average molecular weight is 265 g/mol. The predicted octanol–water partition coefficient (Wildman–Crippen LogP) is 4.32. The number of rotatable bonds is 3. The van der Waals surface area contributed by atoms with Crippen molar-refractivity contribution in [3.05, 3.63) is 23.1 Å². The Morgan fingerprint density at radius 3 is 1.53 bits per heavy atom. The van der Waals surface area contributed by atoms with Crippen LogP contribution in [0.15, 0.2) is 23.1 Å². The van der Waals surface area contributed by atoms with Gasteiger partial charge in [-0.15, -0.1) is 0 Å². The second-order valence-electron chi connectivity index (χ2n) is 7.41. The van der Waals surface area contributed by atoms with E-state index in [1.165, 1.54) is 17.6 Å². The van der Waals surface area contributed by atoms with Gasteiger partial charge in [-0.05, 0) is 20.3 Å². The lowest BCUT2D eigenvalue weighted by Gasteiger charge is -2.47. The molecule has 17 heavy (non-hydrogen) atoms. The first kappa shape index (κ1) is 15.0. The second kappa shape index (κ2) is 4.90. The van der Waals surface area contributed by atoms with E-state index in [1.807, 2.05) is 0 Å². The van der Waals surface area contributed by atoms with Crippen LogP contribution >= 0.6 is 0 Å². The molecule has 1 aliphatic rings. The Morgan fingerprint density at radius 2 is 1.24 bits per heavy atom. The summed E-state index contributed by atoms with van der Waals surface area (Å²) in [5.41, 5.74) is 3.08. The summed E-state index contributed by atoms with van der Waals surface area (Å²) in [6.45, 7) is 20.0. The zero-order valence-electron chi connectivity index (χ0n) is 12.9. The summed E-state index contributed by atoms with van der Waals surface area (Å²) in [4.78, 5) is 0. The van der Waals surface area contributed by atoms with Crippen LogP contribution in [0.5, 0.6) is 0 Å². The van der Waals surface area contributed by atoms with E-state index in [2.05, 4.69) is 69.2 Å². The third-order valence-corrected chi connectivity index (χ3v) is 10.7. The molecule has 0 fully saturated rings. The molecule has 0 aromatic carbocycles. The zero-order chi connectivity index (χ0) is 13.4. The molecule has 0 saturated heterocycles. The molecule has 96 valence electrons. The third-order valence-electron chi connectivity index (χ3n) is 3.21. The van der Waals surface area contributed by atoms with Gasteiger partial charge in [-0.3, -0.25) is 0 Å². The molecular formula is C13H28BNSi2. The zero-order valence-corrected chi connectivity index (χ0v) is 14.9. The van der Waals surface area contributed by atoms with Crippen molar-refractivity contribution in [2.24, 2.45) is 0 Å². The van der Waals surface area contributed by atoms with Crippen LogP contribution in [-0.2, 0) is 0 Å². The summed E-state index contributed by atoms with van der Waals surface area (Å²) in [6.07, 6.45) is 1.17. The van der Waals surface area contributed by atoms with E-state index in [-0.39, 0.29) is 0 Å². The minimum atomic E-state index is -1.26. The van der Waals surface area contributed by atoms with Gasteiger partial charge in [0.15, 0.2) is 0 Å². The van der Waals surface area contributed by atoms with Crippen LogP contribution in [0.2, 0.25) is 39.3 Å². The van der Waals surface area contributed by atoms with E-state index in [1.54, 1.807) is 0 Å². The normalized spacial score (nSPS) is 18.3. The van der Waals surface area contributed by atoms with Crippen molar-refractivity contribution in [3.8, 4) is 0 Å². The van der Waals surface area contributed by atoms with E-state index in [9.17, 15) is 0 Å². The molecule has 1 aliphatic heterocycles. The van der Waals surface area contributed by atoms with Gasteiger partial charge in [0.05, 0.1) is 0 Å². The first-order valence-electron chi connectivity index (χ1n) is 6.66. The smallest absolute Gasteiger partial charge is 0.263 e. The lowest BCUT2D eigenvalue weighted by atomic mass is 9.58. The highest BCUT2D eigenvalue weighted by molar-refractivity contribution is 7.01. The van der Waals surface area contributed by atoms with Crippen LogP contribution < -0.4 is 0 Å². The molecule has 0 aromatic heterocycles. The fraction of sp³-hybridized carbons (Fsp3) is 0.692. The Morgan fingerprint density at radius 1 is 0.882 bits per heavy atom. The van der Waals surface area contributed by atoms with Crippen LogP contribution in [0.1, 0.15) is 20.3 Å². The van der Waals surface area contributed by atoms with Gasteiger partial charge in [-0.1, -0.05) is 62.4 Å². The topological polar surface area (TPSA) is 3.24 Å². The monoisotopic (exact) mass is 265 g/mol. The first-order chi connectivity index (χ1) is 7.51. The molecular weight excluding hydrogens is 237 g/mol. The summed E-state index contributed by atoms with van der Waals surface area (Å²) in [7, 11) is -2.53. The Balaban J connectivity index is 3.12. The summed E-state index contributed by atoms with van der Waals surface area (Å²) in [5, 5.41) is 0. The van der Waals surface area contributed by atoms with Gasteiger partial charge in [0.1, 0.15) is 16.5 Å². The van der Waals surface area contributed by atoms with Crippen LogP contribution in [0.3, 0.4) is 0 Å². The molecule has 0 bridgehead atoms. The molecule has 0 spiro atoms. The molecule has 0 atom stereocenters. The maximum atomic E-state index is 2.88. The van der Waals surface area contributed by atoms with Gasteiger partial charge in [-0.2, -0.15) is 0 Å². The van der Waals surface area contributed by atoms with Crippen LogP contribution in [0.25, 0.3) is 0 Å². The van der Waals surface area contributed by atoms with Crippen LogP contribution in [0.4, 0.5) is 0 Å². The second-order valence-corrected chi connectivity index (χ2v) is 17.5. The van der Waals surface area contributed by atoms with Crippen molar-refractivity contribution < 1.29 is 0 Å². The average Bonchev–Trinajstić information content (AvgIpc) is 1.93. The Labute approximate surface area is 110 Å². The third kappa shape index (κ3) is 3.97. The standard InChI is InChI=1S/C13H28BNSi2/c1-12-9-13(2)11-14(10-12)15(16(3,4)5)17(6,7)8/h10-11H,9H2,1-8H3. The Kier molecular flexibility index (Phi) is 4.32. The number of allylic oxidation sites excluding steroid dienone is 2. The van der Waals surface area contributed by atoms with Crippen molar-refractivity contribution >= 4 is 23.3 Å². The number of nitrogens with zero attached hydrogens (tertiary/aromatic N) is 1. The van der Waals surface area contributed by atoms with Crippen molar-refractivity contribution in [2.45, 2.75) is 59.6 Å². The summed E-state index contributed by atoms with van der Waals surface area (Å²) < 4.78 is 2.88. The van der Waals surface area contributed by atoms with Crippen LogP contribution in [-0.4, -0.2) is 27.5 Å². The molecule has 0 unspecified atom stereocenters. The fourth-order valence-corrected chi connectivity index (χ4v) is 13.4. The molecule has 0 amide bonds. The Bertz CT molecular complexity index is 315. The molecule has 1 heterocycles. The van der Waals surface area contributed by atoms with Crippen molar-refractivity contribution in [1.29, 1.82) is 0 Å². The van der Waals surface area contributed by atoms with Gasteiger partial charge in [0.25, 0.3) is 6.85 Å². The highest BCUT2D eigenvalue weighted by Crippen LogP contribution is 2.27. The van der Waals surface area contributed by atoms with Crippen molar-refractivity contribution in [3.63, 3.8) is 0 Å². The quantitative estimate of drug-likeness (QED) is 0.687. The van der Waals surface area contributed by atoms with Crippen molar-refractivity contribution in [1.82, 2.24) is 4.14 Å². The minimum absolute atomic E-state index is 0.557. The molecule has 0 N–H and O–H groups in total. The predicted molar refractivity (Wildman–Crippen MR) is 86.4 cm³/mol. The minimum Gasteiger partial charge on any atom is -0.381 e. The summed E-state index contributed by atoms with van der Waals surface area (Å²) in [5.74, 6) is 4.98. The van der Waals surface area contributed by atoms with E-state index in [0.29, 0.717) is 6.85 Å². The Hall–Kier alpha value is -0.0613. The van der Waals surface area contributed by atoms with Crippen LogP contribution in [0, 0.1) is 0 Å². The molecule has 0 aliphatic carbocycles. The van der Waals surface area contributed by atoms with Gasteiger partial charge >= 0.3 is 0 Å². The number of hydrogen-bond donors (Lipinski definition) is 0. The highest BCUT2D eigenvalue weighted by atomic mass is 28.4. The van der Waals surface area contributed by atoms with Gasteiger partial charge in [-0.25, -0.2) is 0 Å². The molecule has 0 aromatic rings. The maximum Gasteiger partial charge on any atom is 0.263 e. The lowest BCUT2D eigenvalue weighted by Crippen LogP contribution is -2.64. The molecule has 1 nitrogen and oxygen atoms in total.